The number of nitrogens with zero attached hydrogens (tertiary/aromatic N) is 1. The van der Waals surface area contributed by atoms with E-state index in [4.69, 9.17) is 4.55 Å². The molecule has 17 heavy (non-hydrogen) atoms. The Labute approximate surface area is 138 Å². The first-order valence-electron chi connectivity index (χ1n) is 3.71. The molecule has 0 aromatic heterocycles. The molecule has 1 N–H and O–H groups in total. The van der Waals surface area contributed by atoms with Crippen molar-refractivity contribution in [3.05, 3.63) is 33.9 Å². The molecular formula is C7H4KNO7S. The molecule has 0 bridgehead atoms. The van der Waals surface area contributed by atoms with Gasteiger partial charge in [-0.05, 0) is 12.1 Å². The van der Waals surface area contributed by atoms with Crippen LogP contribution < -0.4 is 56.5 Å². The van der Waals surface area contributed by atoms with Gasteiger partial charge in [-0.1, -0.05) is 0 Å². The van der Waals surface area contributed by atoms with Crippen LogP contribution in [0, 0.1) is 10.1 Å². The Morgan fingerprint density at radius 2 is 1.88 bits per heavy atom. The van der Waals surface area contributed by atoms with Crippen LogP contribution in [-0.4, -0.2) is 23.9 Å². The fraction of sp³-hybridized carbons (Fsp3) is 0. The Morgan fingerprint density at radius 3 is 2.24 bits per heavy atom. The first-order chi connectivity index (χ1) is 7.23. The van der Waals surface area contributed by atoms with Gasteiger partial charge >= 0.3 is 51.4 Å². The Balaban J connectivity index is 0.00000256. The SMILES string of the molecule is O=C([O-])c1ccc(S(=O)(=O)O)cc1[N+](=O)[O-].[K+]. The molecule has 0 unspecified atom stereocenters. The number of rotatable bonds is 3. The second-order valence-corrected chi connectivity index (χ2v) is 4.12. The number of carbonyl (C=O) groups excluding carboxylic acids is 1. The molecule has 0 aliphatic rings. The van der Waals surface area contributed by atoms with Crippen LogP contribution in [0.5, 0.6) is 0 Å². The summed E-state index contributed by atoms with van der Waals surface area (Å²) >= 11 is 0. The third-order valence-corrected chi connectivity index (χ3v) is 2.53. The monoisotopic (exact) mass is 285 g/mol. The van der Waals surface area contributed by atoms with Crippen molar-refractivity contribution in [2.24, 2.45) is 0 Å². The van der Waals surface area contributed by atoms with Gasteiger partial charge in [-0.15, -0.1) is 0 Å². The van der Waals surface area contributed by atoms with Crippen LogP contribution in [0.4, 0.5) is 5.69 Å². The second kappa shape index (κ2) is 6.00. The molecule has 0 saturated heterocycles. The van der Waals surface area contributed by atoms with Gasteiger partial charge in [-0.2, -0.15) is 8.42 Å². The zero-order chi connectivity index (χ0) is 12.5. The van der Waals surface area contributed by atoms with Gasteiger partial charge < -0.3 is 9.90 Å². The summed E-state index contributed by atoms with van der Waals surface area (Å²) in [6.45, 7) is 0. The molecule has 86 valence electrons. The van der Waals surface area contributed by atoms with Crippen LogP contribution in [0.3, 0.4) is 0 Å². The van der Waals surface area contributed by atoms with E-state index in [1.807, 2.05) is 0 Å². The van der Waals surface area contributed by atoms with Gasteiger partial charge in [0.05, 0.1) is 16.5 Å². The van der Waals surface area contributed by atoms with Crippen molar-refractivity contribution in [2.75, 3.05) is 0 Å². The van der Waals surface area contributed by atoms with Crippen molar-refractivity contribution in [3.63, 3.8) is 0 Å². The van der Waals surface area contributed by atoms with Crippen molar-refractivity contribution in [1.82, 2.24) is 0 Å². The quantitative estimate of drug-likeness (QED) is 0.260. The molecule has 0 heterocycles. The van der Waals surface area contributed by atoms with Crippen LogP contribution >= 0.6 is 0 Å². The van der Waals surface area contributed by atoms with E-state index in [1.54, 1.807) is 0 Å². The first-order valence-corrected chi connectivity index (χ1v) is 5.15. The van der Waals surface area contributed by atoms with Gasteiger partial charge in [0.1, 0.15) is 4.90 Å². The molecule has 1 aromatic rings. The summed E-state index contributed by atoms with van der Waals surface area (Å²) < 4.78 is 29.9. The fourth-order valence-corrected chi connectivity index (χ4v) is 1.50. The number of hydrogen-bond acceptors (Lipinski definition) is 6. The van der Waals surface area contributed by atoms with Crippen molar-refractivity contribution in [2.45, 2.75) is 4.90 Å². The molecule has 1 aromatic carbocycles. The van der Waals surface area contributed by atoms with Crippen LogP contribution in [0.25, 0.3) is 0 Å². The standard InChI is InChI=1S/C7H5NO7S.K/c9-7(10)5-2-1-4(16(13,14)15)3-6(5)8(11)12;/h1-3H,(H,9,10)(H,13,14,15);/q;+1/p-1. The molecule has 10 heteroatoms. The van der Waals surface area contributed by atoms with E-state index in [1.165, 1.54) is 0 Å². The van der Waals surface area contributed by atoms with Crippen molar-refractivity contribution in [1.29, 1.82) is 0 Å². The Kier molecular flexibility index (Phi) is 5.87. The number of aromatic carboxylic acids is 1. The predicted molar refractivity (Wildman–Crippen MR) is 47.2 cm³/mol. The topological polar surface area (TPSA) is 138 Å². The molecule has 0 aliphatic heterocycles. The maximum atomic E-state index is 10.7. The maximum absolute atomic E-state index is 10.7. The van der Waals surface area contributed by atoms with Crippen molar-refractivity contribution >= 4 is 21.8 Å². The largest absolute Gasteiger partial charge is 1.00 e. The zero-order valence-electron chi connectivity index (χ0n) is 8.48. The molecule has 0 spiro atoms. The summed E-state index contributed by atoms with van der Waals surface area (Å²) in [4.78, 5) is 19.1. The number of carboxylic acid groups (broad SMARTS) is 1. The second-order valence-electron chi connectivity index (χ2n) is 2.70. The molecule has 0 fully saturated rings. The van der Waals surface area contributed by atoms with Crippen molar-refractivity contribution < 1.29 is 79.2 Å². The smallest absolute Gasteiger partial charge is 0.545 e. The van der Waals surface area contributed by atoms with Crippen LogP contribution in [-0.2, 0) is 10.1 Å². The summed E-state index contributed by atoms with van der Waals surface area (Å²) in [6.07, 6.45) is 0. The average molecular weight is 285 g/mol. The van der Waals surface area contributed by atoms with E-state index in [2.05, 4.69) is 0 Å². The van der Waals surface area contributed by atoms with E-state index < -0.39 is 37.2 Å². The Morgan fingerprint density at radius 1 is 1.35 bits per heavy atom. The molecule has 0 amide bonds. The number of nitro benzene ring substituents is 1. The molecule has 8 nitrogen and oxygen atoms in total. The van der Waals surface area contributed by atoms with Gasteiger partial charge in [-0.25, -0.2) is 0 Å². The summed E-state index contributed by atoms with van der Waals surface area (Å²) in [5.41, 5.74) is -1.73. The third-order valence-electron chi connectivity index (χ3n) is 1.68. The van der Waals surface area contributed by atoms with E-state index in [0.717, 1.165) is 6.07 Å². The summed E-state index contributed by atoms with van der Waals surface area (Å²) in [5, 5.41) is 20.9. The van der Waals surface area contributed by atoms with E-state index in [0.29, 0.717) is 12.1 Å². The van der Waals surface area contributed by atoms with Crippen molar-refractivity contribution in [3.8, 4) is 0 Å². The van der Waals surface area contributed by atoms with Crippen LogP contribution in [0.2, 0.25) is 0 Å². The fourth-order valence-electron chi connectivity index (χ4n) is 0.996. The van der Waals surface area contributed by atoms with Gasteiger partial charge in [0.25, 0.3) is 15.8 Å². The van der Waals surface area contributed by atoms with E-state index in [-0.39, 0.29) is 51.4 Å². The summed E-state index contributed by atoms with van der Waals surface area (Å²) in [5.74, 6) is -1.81. The molecule has 0 aliphatic carbocycles. The molecular weight excluding hydrogens is 281 g/mol. The first kappa shape index (κ1) is 16.6. The van der Waals surface area contributed by atoms with Gasteiger partial charge in [0.15, 0.2) is 0 Å². The normalized spacial score (nSPS) is 10.4. The molecule has 0 saturated carbocycles. The van der Waals surface area contributed by atoms with Gasteiger partial charge in [0, 0.05) is 6.07 Å². The van der Waals surface area contributed by atoms with Crippen LogP contribution in [0.1, 0.15) is 10.4 Å². The van der Waals surface area contributed by atoms with Gasteiger partial charge in [-0.3, -0.25) is 14.7 Å². The molecule has 1 rings (SSSR count). The number of benzene rings is 1. The zero-order valence-corrected chi connectivity index (χ0v) is 12.4. The summed E-state index contributed by atoms with van der Waals surface area (Å²) in [7, 11) is -4.62. The molecule has 0 atom stereocenters. The third kappa shape index (κ3) is 4.10. The van der Waals surface area contributed by atoms with E-state index in [9.17, 15) is 28.4 Å². The Hall–Kier alpha value is -0.364. The minimum absolute atomic E-state index is 0. The molecule has 0 radical (unpaired) electrons. The predicted octanol–water partition coefficient (Wildman–Crippen LogP) is -3.79. The number of hydrogen-bond donors (Lipinski definition) is 1. The van der Waals surface area contributed by atoms with Gasteiger partial charge in [0.2, 0.25) is 0 Å². The summed E-state index contributed by atoms with van der Waals surface area (Å²) in [6, 6.07) is 1.85. The number of carboxylic acids is 1. The van der Waals surface area contributed by atoms with Crippen LogP contribution in [0.15, 0.2) is 23.1 Å². The maximum Gasteiger partial charge on any atom is 1.00 e. The Bertz CT molecular complexity index is 568. The average Bonchev–Trinajstić information content (AvgIpc) is 2.15. The minimum atomic E-state index is -4.62. The number of nitro groups is 1. The minimum Gasteiger partial charge on any atom is -0.545 e. The number of carbonyl (C=O) groups is 1. The van der Waals surface area contributed by atoms with E-state index >= 15 is 0 Å².